The first-order valence-corrected chi connectivity index (χ1v) is 11.8. The monoisotopic (exact) mass is 460 g/mol. The summed E-state index contributed by atoms with van der Waals surface area (Å²) in [5, 5.41) is 14.7. The molecule has 2 aromatic carbocycles. The van der Waals surface area contributed by atoms with Crippen LogP contribution in [0.2, 0.25) is 0 Å². The number of nitrogens with two attached hydrogens (primary N) is 1. The maximum Gasteiger partial charge on any atom is 0.293 e. The summed E-state index contributed by atoms with van der Waals surface area (Å²) < 4.78 is 31.9. The number of primary amides is 1. The van der Waals surface area contributed by atoms with Crippen molar-refractivity contribution in [2.24, 2.45) is 5.73 Å². The third kappa shape index (κ3) is 4.59. The molecular weight excluding hydrogens is 436 g/mol. The third-order valence-corrected chi connectivity index (χ3v) is 7.48. The van der Waals surface area contributed by atoms with Gasteiger partial charge in [0, 0.05) is 31.7 Å². The van der Waals surface area contributed by atoms with E-state index in [-0.39, 0.29) is 32.8 Å². The molecule has 0 unspecified atom stereocenters. The van der Waals surface area contributed by atoms with Crippen LogP contribution < -0.4 is 11.1 Å². The number of nitro benzene ring substituents is 1. The van der Waals surface area contributed by atoms with E-state index < -0.39 is 20.7 Å². The topological polar surface area (TPSA) is 145 Å². The number of ether oxygens (including phenoxy) is 1. The second-order valence-corrected chi connectivity index (χ2v) is 9.82. The lowest BCUT2D eigenvalue weighted by Crippen LogP contribution is -2.46. The molecule has 2 fully saturated rings. The average molecular weight is 461 g/mol. The first kappa shape index (κ1) is 22.2. The predicted octanol–water partition coefficient (Wildman–Crippen LogP) is 1.80. The van der Waals surface area contributed by atoms with Gasteiger partial charge in [0.25, 0.3) is 5.69 Å². The van der Waals surface area contributed by atoms with Crippen molar-refractivity contribution in [1.29, 1.82) is 0 Å². The van der Waals surface area contributed by atoms with Gasteiger partial charge in [-0.25, -0.2) is 8.42 Å². The van der Waals surface area contributed by atoms with E-state index in [1.165, 1.54) is 49.2 Å². The quantitative estimate of drug-likeness (QED) is 0.448. The van der Waals surface area contributed by atoms with E-state index in [0.717, 1.165) is 19.2 Å². The largest absolute Gasteiger partial charge is 0.377 e. The molecule has 2 aromatic rings. The zero-order valence-corrected chi connectivity index (χ0v) is 18.1. The average Bonchev–Trinajstić information content (AvgIpc) is 3.63. The van der Waals surface area contributed by atoms with Crippen LogP contribution in [0, 0.1) is 10.1 Å². The van der Waals surface area contributed by atoms with E-state index in [1.54, 1.807) is 0 Å². The Balaban J connectivity index is 1.57. The van der Waals surface area contributed by atoms with Crippen LogP contribution in [0.5, 0.6) is 0 Å². The van der Waals surface area contributed by atoms with Gasteiger partial charge in [0.1, 0.15) is 5.69 Å². The summed E-state index contributed by atoms with van der Waals surface area (Å²) in [5.74, 6) is -0.898. The molecule has 0 radical (unpaired) electrons. The van der Waals surface area contributed by atoms with Gasteiger partial charge in [-0.3, -0.25) is 19.8 Å². The van der Waals surface area contributed by atoms with Crippen molar-refractivity contribution in [2.45, 2.75) is 34.8 Å². The van der Waals surface area contributed by atoms with Crippen LogP contribution in [0.4, 0.5) is 11.4 Å². The summed E-state index contributed by atoms with van der Waals surface area (Å²) in [6.07, 6.45) is 2.27. The van der Waals surface area contributed by atoms with Crippen LogP contribution in [0.25, 0.3) is 0 Å². The molecule has 170 valence electrons. The summed E-state index contributed by atoms with van der Waals surface area (Å²) in [6.45, 7) is 2.62. The molecule has 4 rings (SSSR count). The fourth-order valence-corrected chi connectivity index (χ4v) is 5.36. The fraction of sp³-hybridized carbons (Fsp3) is 0.381. The lowest BCUT2D eigenvalue weighted by atomic mass is 10.2. The molecule has 1 amide bonds. The molecule has 32 heavy (non-hydrogen) atoms. The van der Waals surface area contributed by atoms with Crippen LogP contribution >= 0.6 is 0 Å². The van der Waals surface area contributed by atoms with Gasteiger partial charge in [0.05, 0.1) is 33.0 Å². The highest BCUT2D eigenvalue weighted by Gasteiger charge is 2.33. The number of rotatable bonds is 8. The van der Waals surface area contributed by atoms with Crippen LogP contribution in [0.15, 0.2) is 52.3 Å². The summed E-state index contributed by atoms with van der Waals surface area (Å²) in [5.41, 5.74) is 4.94. The number of carbonyl (C=O) groups is 1. The third-order valence-electron chi connectivity index (χ3n) is 5.67. The van der Waals surface area contributed by atoms with E-state index in [1.807, 2.05) is 0 Å². The number of hydrogen-bond acceptors (Lipinski definition) is 8. The Hall–Kier alpha value is -3.02. The summed E-state index contributed by atoms with van der Waals surface area (Å²) in [4.78, 5) is 24.5. The van der Waals surface area contributed by atoms with Gasteiger partial charge in [0.2, 0.25) is 15.7 Å². The fourth-order valence-electron chi connectivity index (χ4n) is 3.87. The molecule has 1 aliphatic carbocycles. The van der Waals surface area contributed by atoms with Gasteiger partial charge in [-0.1, -0.05) is 12.1 Å². The molecular formula is C21H24N4O6S. The minimum Gasteiger partial charge on any atom is -0.377 e. The molecule has 1 saturated heterocycles. The summed E-state index contributed by atoms with van der Waals surface area (Å²) in [6, 6.07) is 9.75. The van der Waals surface area contributed by atoms with Crippen LogP contribution in [0.1, 0.15) is 23.2 Å². The molecule has 3 N–H and O–H groups in total. The molecule has 1 aliphatic heterocycles. The summed E-state index contributed by atoms with van der Waals surface area (Å²) in [7, 11) is -4.20. The van der Waals surface area contributed by atoms with E-state index in [2.05, 4.69) is 10.2 Å². The summed E-state index contributed by atoms with van der Waals surface area (Å²) >= 11 is 0. The smallest absolute Gasteiger partial charge is 0.293 e. The maximum atomic E-state index is 13.1. The van der Waals surface area contributed by atoms with Crippen molar-refractivity contribution in [3.63, 3.8) is 0 Å². The minimum atomic E-state index is -4.20. The highest BCUT2D eigenvalue weighted by atomic mass is 32.2. The number of sulfone groups is 1. The molecule has 10 nitrogen and oxygen atoms in total. The lowest BCUT2D eigenvalue weighted by Gasteiger charge is -2.33. The predicted molar refractivity (Wildman–Crippen MR) is 116 cm³/mol. The second kappa shape index (κ2) is 8.85. The van der Waals surface area contributed by atoms with Crippen LogP contribution in [-0.4, -0.2) is 62.5 Å². The van der Waals surface area contributed by atoms with Gasteiger partial charge in [-0.05, 0) is 37.1 Å². The maximum absolute atomic E-state index is 13.1. The number of nitrogens with zero attached hydrogens (tertiary/aromatic N) is 2. The number of hydrogen-bond donors (Lipinski definition) is 2. The molecule has 11 heteroatoms. The van der Waals surface area contributed by atoms with E-state index in [9.17, 15) is 23.3 Å². The Morgan fingerprint density at radius 2 is 2.00 bits per heavy atom. The highest BCUT2D eigenvalue weighted by molar-refractivity contribution is 7.91. The van der Waals surface area contributed by atoms with Gasteiger partial charge < -0.3 is 15.8 Å². The number of morpholine rings is 1. The van der Waals surface area contributed by atoms with Crippen LogP contribution in [0.3, 0.4) is 0 Å². The molecule has 0 aromatic heterocycles. The Labute approximate surface area is 185 Å². The number of benzene rings is 2. The minimum absolute atomic E-state index is 0.116. The van der Waals surface area contributed by atoms with Crippen molar-refractivity contribution in [3.8, 4) is 0 Å². The van der Waals surface area contributed by atoms with Crippen molar-refractivity contribution in [1.82, 2.24) is 4.90 Å². The number of nitro groups is 1. The Morgan fingerprint density at radius 3 is 2.69 bits per heavy atom. The molecule has 1 atom stereocenters. The normalized spacial score (nSPS) is 19.4. The number of amides is 1. The van der Waals surface area contributed by atoms with Crippen molar-refractivity contribution in [2.75, 3.05) is 31.6 Å². The lowest BCUT2D eigenvalue weighted by molar-refractivity contribution is -0.384. The standard InChI is InChI=1S/C21H24N4O6S/c22-21(26)17-3-1-2-4-20(17)32(29,30)16-7-8-18(19(11-16)25(27)28)23-12-15-13-24(9-10-31-15)14-5-6-14/h1-4,7-8,11,14-15,23H,5-6,9-10,12-13H2,(H2,22,26)/t15-/m0/s1. The highest BCUT2D eigenvalue weighted by Crippen LogP contribution is 2.32. The number of nitrogens with one attached hydrogen (secondary N) is 1. The van der Waals surface area contributed by atoms with Gasteiger partial charge in [-0.15, -0.1) is 0 Å². The molecule has 0 spiro atoms. The van der Waals surface area contributed by atoms with E-state index in [4.69, 9.17) is 10.5 Å². The van der Waals surface area contributed by atoms with Gasteiger partial charge >= 0.3 is 0 Å². The number of anilines is 1. The first-order chi connectivity index (χ1) is 15.3. The van der Waals surface area contributed by atoms with Crippen LogP contribution in [-0.2, 0) is 14.6 Å². The van der Waals surface area contributed by atoms with Crippen molar-refractivity contribution >= 4 is 27.1 Å². The van der Waals surface area contributed by atoms with E-state index in [0.29, 0.717) is 19.2 Å². The molecule has 1 heterocycles. The molecule has 1 saturated carbocycles. The van der Waals surface area contributed by atoms with Crippen molar-refractivity contribution in [3.05, 3.63) is 58.1 Å². The Morgan fingerprint density at radius 1 is 1.25 bits per heavy atom. The zero-order chi connectivity index (χ0) is 22.9. The SMILES string of the molecule is NC(=O)c1ccccc1S(=O)(=O)c1ccc(NC[C@H]2CN(C3CC3)CCO2)c([N+](=O)[O-])c1. The molecule has 0 bridgehead atoms. The molecule has 2 aliphatic rings. The Kier molecular flexibility index (Phi) is 6.13. The van der Waals surface area contributed by atoms with Crippen molar-refractivity contribution < 1.29 is 22.9 Å². The number of carbonyl (C=O) groups excluding carboxylic acids is 1. The first-order valence-electron chi connectivity index (χ1n) is 10.3. The second-order valence-electron chi connectivity index (χ2n) is 7.90. The van der Waals surface area contributed by atoms with Gasteiger partial charge in [0.15, 0.2) is 0 Å². The van der Waals surface area contributed by atoms with E-state index >= 15 is 0 Å². The Bertz CT molecular complexity index is 1150. The zero-order valence-electron chi connectivity index (χ0n) is 17.3. The van der Waals surface area contributed by atoms with Gasteiger partial charge in [-0.2, -0.15) is 0 Å².